The molecule has 0 unspecified atom stereocenters. The summed E-state index contributed by atoms with van der Waals surface area (Å²) < 4.78 is 5.17. The smallest absolute Gasteiger partial charge is 0.337 e. The van der Waals surface area contributed by atoms with E-state index in [4.69, 9.17) is 15.3 Å². The summed E-state index contributed by atoms with van der Waals surface area (Å²) in [5, 5.41) is 9.37. The zero-order valence-electron chi connectivity index (χ0n) is 9.01. The van der Waals surface area contributed by atoms with Gasteiger partial charge in [0.25, 0.3) is 5.22 Å². The molecule has 0 fully saturated rings. The van der Waals surface area contributed by atoms with Gasteiger partial charge < -0.3 is 15.3 Å². The first-order chi connectivity index (χ1) is 8.08. The van der Waals surface area contributed by atoms with E-state index in [1.54, 1.807) is 12.1 Å². The van der Waals surface area contributed by atoms with E-state index in [9.17, 15) is 4.79 Å². The molecule has 0 atom stereocenters. The summed E-state index contributed by atoms with van der Waals surface area (Å²) in [6.07, 6.45) is 1.53. The van der Waals surface area contributed by atoms with Crippen molar-refractivity contribution in [3.63, 3.8) is 0 Å². The lowest BCUT2D eigenvalue weighted by molar-refractivity contribution is 0.0698. The summed E-state index contributed by atoms with van der Waals surface area (Å²) in [5.74, 6) is -1.05. The molecule has 0 amide bonds. The maximum atomic E-state index is 10.9. The number of aryl methyl sites for hydroxylation is 1. The first kappa shape index (κ1) is 11.5. The number of nitrogens with two attached hydrogens (primary N) is 1. The predicted molar refractivity (Wildman–Crippen MR) is 63.2 cm³/mol. The van der Waals surface area contributed by atoms with Crippen LogP contribution in [0.5, 0.6) is 0 Å². The van der Waals surface area contributed by atoms with Gasteiger partial charge in [-0.3, -0.25) is 0 Å². The fourth-order valence-electron chi connectivity index (χ4n) is 1.29. The van der Waals surface area contributed by atoms with Crippen LogP contribution in [0.2, 0.25) is 0 Å². The number of oxazole rings is 1. The van der Waals surface area contributed by atoms with E-state index < -0.39 is 5.97 Å². The second-order valence-electron chi connectivity index (χ2n) is 3.38. The predicted octanol–water partition coefficient (Wildman–Crippen LogP) is 2.41. The molecule has 2 aromatic rings. The summed E-state index contributed by atoms with van der Waals surface area (Å²) >= 11 is 1.20. The second kappa shape index (κ2) is 4.50. The Balaban J connectivity index is 2.33. The van der Waals surface area contributed by atoms with Crippen molar-refractivity contribution >= 4 is 23.4 Å². The topological polar surface area (TPSA) is 89.3 Å². The number of benzene rings is 1. The van der Waals surface area contributed by atoms with Crippen molar-refractivity contribution < 1.29 is 14.3 Å². The molecule has 0 aliphatic carbocycles. The highest BCUT2D eigenvalue weighted by molar-refractivity contribution is 7.99. The fourth-order valence-corrected chi connectivity index (χ4v) is 2.13. The van der Waals surface area contributed by atoms with Crippen molar-refractivity contribution in [2.24, 2.45) is 0 Å². The number of carboxylic acids is 1. The third kappa shape index (κ3) is 2.42. The SMILES string of the molecule is Cc1coc(Sc2cccc(C(=O)O)c2N)n1. The number of carbonyl (C=O) groups is 1. The minimum Gasteiger partial charge on any atom is -0.478 e. The van der Waals surface area contributed by atoms with Crippen LogP contribution >= 0.6 is 11.8 Å². The molecule has 0 aliphatic heterocycles. The van der Waals surface area contributed by atoms with E-state index in [0.717, 1.165) is 5.69 Å². The van der Waals surface area contributed by atoms with Gasteiger partial charge >= 0.3 is 5.97 Å². The van der Waals surface area contributed by atoms with Gasteiger partial charge in [-0.15, -0.1) is 0 Å². The lowest BCUT2D eigenvalue weighted by atomic mass is 10.2. The molecule has 3 N–H and O–H groups in total. The summed E-state index contributed by atoms with van der Waals surface area (Å²) in [4.78, 5) is 15.6. The van der Waals surface area contributed by atoms with Crippen molar-refractivity contribution in [1.82, 2.24) is 4.98 Å². The molecule has 0 saturated carbocycles. The standard InChI is InChI=1S/C11H10N2O3S/c1-6-5-16-11(13-6)17-8-4-2-3-7(9(8)12)10(14)15/h2-5H,12H2,1H3,(H,14,15). The number of aromatic nitrogens is 1. The van der Waals surface area contributed by atoms with Gasteiger partial charge in [0.1, 0.15) is 6.26 Å². The molecular weight excluding hydrogens is 240 g/mol. The Morgan fingerprint density at radius 3 is 2.88 bits per heavy atom. The third-order valence-corrected chi connectivity index (χ3v) is 3.03. The molecule has 88 valence electrons. The molecule has 0 saturated heterocycles. The highest BCUT2D eigenvalue weighted by atomic mass is 32.2. The first-order valence-electron chi connectivity index (χ1n) is 4.79. The van der Waals surface area contributed by atoms with Crippen molar-refractivity contribution in [1.29, 1.82) is 0 Å². The molecule has 5 nitrogen and oxygen atoms in total. The van der Waals surface area contributed by atoms with E-state index in [2.05, 4.69) is 4.98 Å². The average molecular weight is 250 g/mol. The van der Waals surface area contributed by atoms with Crippen molar-refractivity contribution in [3.05, 3.63) is 35.7 Å². The number of anilines is 1. The zero-order valence-corrected chi connectivity index (χ0v) is 9.82. The average Bonchev–Trinajstić information content (AvgIpc) is 2.67. The Morgan fingerprint density at radius 1 is 1.53 bits per heavy atom. The van der Waals surface area contributed by atoms with Crippen LogP contribution in [-0.4, -0.2) is 16.1 Å². The Morgan fingerprint density at radius 2 is 2.29 bits per heavy atom. The van der Waals surface area contributed by atoms with E-state index in [-0.39, 0.29) is 11.3 Å². The lowest BCUT2D eigenvalue weighted by Gasteiger charge is -2.05. The molecule has 0 spiro atoms. The maximum absolute atomic E-state index is 10.9. The van der Waals surface area contributed by atoms with Crippen LogP contribution in [0.25, 0.3) is 0 Å². The van der Waals surface area contributed by atoms with Crippen LogP contribution < -0.4 is 5.73 Å². The summed E-state index contributed by atoms with van der Waals surface area (Å²) in [6, 6.07) is 4.83. The van der Waals surface area contributed by atoms with Gasteiger partial charge in [-0.05, 0) is 30.8 Å². The minimum atomic E-state index is -1.05. The van der Waals surface area contributed by atoms with Gasteiger partial charge in [-0.2, -0.15) is 0 Å². The van der Waals surface area contributed by atoms with Crippen LogP contribution in [-0.2, 0) is 0 Å². The molecule has 17 heavy (non-hydrogen) atoms. The number of carboxylic acid groups (broad SMARTS) is 1. The lowest BCUT2D eigenvalue weighted by Crippen LogP contribution is -2.03. The van der Waals surface area contributed by atoms with Gasteiger partial charge in [0.2, 0.25) is 0 Å². The number of nitrogens with zero attached hydrogens (tertiary/aromatic N) is 1. The normalized spacial score (nSPS) is 10.4. The van der Waals surface area contributed by atoms with Crippen LogP contribution in [0.1, 0.15) is 16.1 Å². The van der Waals surface area contributed by atoms with Crippen molar-refractivity contribution in [2.75, 3.05) is 5.73 Å². The van der Waals surface area contributed by atoms with E-state index >= 15 is 0 Å². The van der Waals surface area contributed by atoms with Gasteiger partial charge in [0.15, 0.2) is 0 Å². The molecule has 1 aromatic carbocycles. The van der Waals surface area contributed by atoms with Crippen LogP contribution in [0, 0.1) is 6.92 Å². The minimum absolute atomic E-state index is 0.0817. The van der Waals surface area contributed by atoms with Crippen molar-refractivity contribution in [3.8, 4) is 0 Å². The highest BCUT2D eigenvalue weighted by Gasteiger charge is 2.13. The highest BCUT2D eigenvalue weighted by Crippen LogP contribution is 2.33. The molecule has 0 bridgehead atoms. The molecule has 2 rings (SSSR count). The molecular formula is C11H10N2O3S. The Hall–Kier alpha value is -1.95. The number of rotatable bonds is 3. The number of hydrogen-bond donors (Lipinski definition) is 2. The second-order valence-corrected chi connectivity index (χ2v) is 4.37. The molecule has 1 heterocycles. The number of hydrogen-bond acceptors (Lipinski definition) is 5. The molecule has 6 heteroatoms. The fraction of sp³-hybridized carbons (Fsp3) is 0.0909. The maximum Gasteiger partial charge on any atom is 0.337 e. The largest absolute Gasteiger partial charge is 0.478 e. The quantitative estimate of drug-likeness (QED) is 0.813. The van der Waals surface area contributed by atoms with Gasteiger partial charge in [0.05, 0.1) is 16.9 Å². The third-order valence-electron chi connectivity index (χ3n) is 2.09. The Kier molecular flexibility index (Phi) is 3.06. The van der Waals surface area contributed by atoms with E-state index in [1.165, 1.54) is 24.1 Å². The van der Waals surface area contributed by atoms with E-state index in [1.807, 2.05) is 6.92 Å². The van der Waals surface area contributed by atoms with Gasteiger partial charge in [0, 0.05) is 4.90 Å². The first-order valence-corrected chi connectivity index (χ1v) is 5.61. The van der Waals surface area contributed by atoms with Crippen LogP contribution in [0.3, 0.4) is 0 Å². The molecule has 0 aliphatic rings. The monoisotopic (exact) mass is 250 g/mol. The number of para-hydroxylation sites is 1. The van der Waals surface area contributed by atoms with Crippen molar-refractivity contribution in [2.45, 2.75) is 17.0 Å². The summed E-state index contributed by atoms with van der Waals surface area (Å²) in [6.45, 7) is 1.81. The zero-order chi connectivity index (χ0) is 12.4. The van der Waals surface area contributed by atoms with Gasteiger partial charge in [-0.1, -0.05) is 6.07 Å². The van der Waals surface area contributed by atoms with Crippen LogP contribution in [0.15, 0.2) is 39.0 Å². The number of nitrogen functional groups attached to an aromatic ring is 1. The summed E-state index contributed by atoms with van der Waals surface area (Å²) in [7, 11) is 0. The number of aromatic carboxylic acids is 1. The Bertz CT molecular complexity index is 566. The summed E-state index contributed by atoms with van der Waals surface area (Å²) in [5.41, 5.74) is 6.84. The Labute approximate surface area is 102 Å². The molecule has 1 aromatic heterocycles. The van der Waals surface area contributed by atoms with E-state index in [0.29, 0.717) is 10.1 Å². The van der Waals surface area contributed by atoms with Crippen LogP contribution in [0.4, 0.5) is 5.69 Å². The van der Waals surface area contributed by atoms with Gasteiger partial charge in [-0.25, -0.2) is 9.78 Å². The molecule has 0 radical (unpaired) electrons.